The molecule has 4 amide bonds. The Morgan fingerprint density at radius 3 is 2.15 bits per heavy atom. The number of hydrogen-bond acceptors (Lipinski definition) is 2. The van der Waals surface area contributed by atoms with E-state index in [0.29, 0.717) is 0 Å². The van der Waals surface area contributed by atoms with Crippen molar-refractivity contribution in [2.24, 2.45) is 0 Å². The second-order valence-corrected chi connectivity index (χ2v) is 3.53. The maximum atomic E-state index is 11.3. The van der Waals surface area contributed by atoms with Gasteiger partial charge in [-0.3, -0.25) is 0 Å². The molecule has 6 nitrogen and oxygen atoms in total. The Hall–Kier alpha value is -1.46. The Kier molecular flexibility index (Phi) is 1.11. The fourth-order valence-electron chi connectivity index (χ4n) is 2.26. The first-order valence-corrected chi connectivity index (χ1v) is 4.41. The number of amides is 4. The first kappa shape index (κ1) is 6.99. The van der Waals surface area contributed by atoms with Gasteiger partial charge in [0.25, 0.3) is 0 Å². The topological polar surface area (TPSA) is 64.7 Å². The minimum atomic E-state index is -0.208. The second kappa shape index (κ2) is 2.07. The van der Waals surface area contributed by atoms with Crippen molar-refractivity contribution in [2.45, 2.75) is 18.8 Å². The highest BCUT2D eigenvalue weighted by Crippen LogP contribution is 2.25. The molecule has 6 heteroatoms. The highest BCUT2D eigenvalue weighted by Gasteiger charge is 2.51. The van der Waals surface area contributed by atoms with Gasteiger partial charge in [0.15, 0.2) is 0 Å². The molecule has 3 aliphatic heterocycles. The lowest BCUT2D eigenvalue weighted by Crippen LogP contribution is -2.51. The molecule has 13 heavy (non-hydrogen) atoms. The van der Waals surface area contributed by atoms with Crippen molar-refractivity contribution in [3.05, 3.63) is 0 Å². The molecule has 3 heterocycles. The number of hydrogen-bond donors (Lipinski definition) is 2. The van der Waals surface area contributed by atoms with Gasteiger partial charge in [-0.2, -0.15) is 0 Å². The van der Waals surface area contributed by atoms with E-state index in [1.165, 1.54) is 0 Å². The summed E-state index contributed by atoms with van der Waals surface area (Å²) in [6.07, 6.45) is 0.568. The van der Waals surface area contributed by atoms with E-state index in [2.05, 4.69) is 10.6 Å². The summed E-state index contributed by atoms with van der Waals surface area (Å²) in [6.45, 7) is 1.50. The fraction of sp³-hybridized carbons (Fsp3) is 0.714. The normalized spacial score (nSPS) is 36.0. The van der Waals surface area contributed by atoms with Gasteiger partial charge in [0.1, 0.15) is 12.3 Å². The lowest BCUT2D eigenvalue weighted by atomic mass is 10.2. The first-order valence-electron chi connectivity index (χ1n) is 4.41. The van der Waals surface area contributed by atoms with Crippen LogP contribution in [0, 0.1) is 0 Å². The third kappa shape index (κ3) is 0.726. The molecule has 0 unspecified atom stereocenters. The fourth-order valence-corrected chi connectivity index (χ4v) is 2.26. The molecular formula is C7H10N4O2. The number of nitrogens with one attached hydrogen (secondary N) is 2. The molecule has 0 aromatic carbocycles. The van der Waals surface area contributed by atoms with E-state index in [0.717, 1.165) is 19.5 Å². The van der Waals surface area contributed by atoms with Crippen molar-refractivity contribution >= 4 is 12.1 Å². The highest BCUT2D eigenvalue weighted by atomic mass is 16.2. The van der Waals surface area contributed by atoms with Crippen LogP contribution in [0.1, 0.15) is 6.42 Å². The molecule has 3 rings (SSSR count). The molecule has 0 aromatic rings. The van der Waals surface area contributed by atoms with Crippen LogP contribution in [0.2, 0.25) is 0 Å². The Bertz CT molecular complexity index is 266. The van der Waals surface area contributed by atoms with E-state index in [-0.39, 0.29) is 24.4 Å². The maximum Gasteiger partial charge on any atom is 0.320 e. The Labute approximate surface area is 74.9 Å². The van der Waals surface area contributed by atoms with Gasteiger partial charge in [-0.15, -0.1) is 0 Å². The standard InChI is InChI=1S/C7H10N4O2/c12-6-8-4-5-10(6)2-1-3-11(5)7(13)9-4/h4-5H,1-3H2,(H,8,12)(H,9,13). The van der Waals surface area contributed by atoms with Crippen molar-refractivity contribution < 1.29 is 9.59 Å². The van der Waals surface area contributed by atoms with Gasteiger partial charge in [-0.25, -0.2) is 9.59 Å². The summed E-state index contributed by atoms with van der Waals surface area (Å²) >= 11 is 0. The molecule has 0 bridgehead atoms. The van der Waals surface area contributed by atoms with Crippen molar-refractivity contribution in [3.8, 4) is 0 Å². The average molecular weight is 182 g/mol. The van der Waals surface area contributed by atoms with Crippen LogP contribution >= 0.6 is 0 Å². The third-order valence-electron chi connectivity index (χ3n) is 2.81. The van der Waals surface area contributed by atoms with Crippen LogP contribution in [0.5, 0.6) is 0 Å². The summed E-state index contributed by atoms with van der Waals surface area (Å²) in [6, 6.07) is -0.139. The molecule has 3 saturated heterocycles. The summed E-state index contributed by atoms with van der Waals surface area (Å²) in [4.78, 5) is 26.1. The first-order chi connectivity index (χ1) is 6.27. The van der Waals surface area contributed by atoms with Gasteiger partial charge in [-0.1, -0.05) is 0 Å². The molecule has 3 aliphatic rings. The smallest absolute Gasteiger partial charge is 0.314 e. The molecule has 0 aliphatic carbocycles. The Morgan fingerprint density at radius 1 is 1.08 bits per heavy atom. The second-order valence-electron chi connectivity index (χ2n) is 3.53. The average Bonchev–Trinajstić information content (AvgIpc) is 2.59. The summed E-state index contributed by atoms with van der Waals surface area (Å²) in [7, 11) is 0. The van der Waals surface area contributed by atoms with Gasteiger partial charge in [0.05, 0.1) is 0 Å². The van der Waals surface area contributed by atoms with Gasteiger partial charge in [0.2, 0.25) is 0 Å². The monoisotopic (exact) mass is 182 g/mol. The zero-order valence-corrected chi connectivity index (χ0v) is 6.99. The summed E-state index contributed by atoms with van der Waals surface area (Å²) < 4.78 is 0. The minimum absolute atomic E-state index is 0.0697. The summed E-state index contributed by atoms with van der Waals surface area (Å²) in [5.41, 5.74) is 0. The van der Waals surface area contributed by atoms with Crippen molar-refractivity contribution in [1.82, 2.24) is 20.4 Å². The van der Waals surface area contributed by atoms with Crippen LogP contribution < -0.4 is 10.6 Å². The van der Waals surface area contributed by atoms with Crippen molar-refractivity contribution in [1.29, 1.82) is 0 Å². The van der Waals surface area contributed by atoms with Gasteiger partial charge < -0.3 is 20.4 Å². The maximum absolute atomic E-state index is 11.3. The number of rotatable bonds is 0. The van der Waals surface area contributed by atoms with E-state index in [4.69, 9.17) is 0 Å². The van der Waals surface area contributed by atoms with E-state index in [1.807, 2.05) is 0 Å². The van der Waals surface area contributed by atoms with Gasteiger partial charge in [-0.05, 0) is 6.42 Å². The molecule has 0 spiro atoms. The Morgan fingerprint density at radius 2 is 1.62 bits per heavy atom. The molecule has 0 aromatic heterocycles. The third-order valence-corrected chi connectivity index (χ3v) is 2.81. The van der Waals surface area contributed by atoms with Crippen LogP contribution in [0.25, 0.3) is 0 Å². The molecule has 3 fully saturated rings. The van der Waals surface area contributed by atoms with Crippen LogP contribution in [0.3, 0.4) is 0 Å². The van der Waals surface area contributed by atoms with Crippen molar-refractivity contribution in [2.75, 3.05) is 13.1 Å². The van der Waals surface area contributed by atoms with E-state index >= 15 is 0 Å². The molecule has 0 saturated carbocycles. The largest absolute Gasteiger partial charge is 0.320 e. The van der Waals surface area contributed by atoms with Gasteiger partial charge in [0, 0.05) is 13.1 Å². The Balaban J connectivity index is 1.98. The summed E-state index contributed by atoms with van der Waals surface area (Å²) in [5, 5.41) is 5.46. The van der Waals surface area contributed by atoms with Crippen LogP contribution in [0.15, 0.2) is 0 Å². The van der Waals surface area contributed by atoms with E-state index < -0.39 is 0 Å². The quantitative estimate of drug-likeness (QED) is 0.509. The number of carbonyl (C=O) groups excluding carboxylic acids is 2. The lowest BCUT2D eigenvalue weighted by molar-refractivity contribution is 0.0958. The van der Waals surface area contributed by atoms with E-state index in [1.54, 1.807) is 9.80 Å². The number of carbonyl (C=O) groups is 2. The SMILES string of the molecule is O=C1NC2NC(=O)N3CCCN1C23. The number of urea groups is 2. The highest BCUT2D eigenvalue weighted by molar-refractivity contribution is 5.85. The van der Waals surface area contributed by atoms with Gasteiger partial charge >= 0.3 is 12.1 Å². The predicted molar refractivity (Wildman–Crippen MR) is 42.7 cm³/mol. The molecule has 0 atom stereocenters. The molecule has 2 N–H and O–H groups in total. The zero-order valence-electron chi connectivity index (χ0n) is 6.99. The number of nitrogens with zero attached hydrogens (tertiary/aromatic N) is 2. The predicted octanol–water partition coefficient (Wildman–Crippen LogP) is -0.907. The van der Waals surface area contributed by atoms with Crippen LogP contribution in [-0.2, 0) is 0 Å². The zero-order chi connectivity index (χ0) is 9.00. The van der Waals surface area contributed by atoms with Crippen molar-refractivity contribution in [3.63, 3.8) is 0 Å². The van der Waals surface area contributed by atoms with E-state index in [9.17, 15) is 9.59 Å². The minimum Gasteiger partial charge on any atom is -0.314 e. The van der Waals surface area contributed by atoms with Crippen LogP contribution in [0.4, 0.5) is 9.59 Å². The molecule has 70 valence electrons. The van der Waals surface area contributed by atoms with Crippen LogP contribution in [-0.4, -0.2) is 47.3 Å². The summed E-state index contributed by atoms with van der Waals surface area (Å²) in [5.74, 6) is 0. The molecular weight excluding hydrogens is 172 g/mol. The molecule has 0 radical (unpaired) electrons. The lowest BCUT2D eigenvalue weighted by Gasteiger charge is -2.34.